The van der Waals surface area contributed by atoms with Crippen molar-refractivity contribution >= 4 is 11.5 Å². The van der Waals surface area contributed by atoms with E-state index in [1.165, 1.54) is 24.0 Å². The van der Waals surface area contributed by atoms with Crippen molar-refractivity contribution in [3.63, 3.8) is 0 Å². The van der Waals surface area contributed by atoms with E-state index in [2.05, 4.69) is 52.2 Å². The Labute approximate surface area is 126 Å². The number of aryl methyl sites for hydroxylation is 2. The molecule has 1 fully saturated rings. The van der Waals surface area contributed by atoms with E-state index in [1.807, 2.05) is 19.4 Å². The second-order valence-electron chi connectivity index (χ2n) is 5.93. The van der Waals surface area contributed by atoms with E-state index in [9.17, 15) is 0 Å². The summed E-state index contributed by atoms with van der Waals surface area (Å²) in [6.45, 7) is 5.04. The standard InChI is InChI=1S/C17H22N4/c1-12-6-13(2)8-16(7-12)21(3)17-11-19-15(10-20-17)9-18-14-4-5-14/h6-8,10-11,14,18H,4-5,9H2,1-3H3. The number of hydrogen-bond donors (Lipinski definition) is 1. The highest BCUT2D eigenvalue weighted by atomic mass is 15.2. The van der Waals surface area contributed by atoms with Crippen molar-refractivity contribution < 1.29 is 0 Å². The number of hydrogen-bond acceptors (Lipinski definition) is 4. The predicted molar refractivity (Wildman–Crippen MR) is 85.9 cm³/mol. The van der Waals surface area contributed by atoms with Crippen LogP contribution in [0, 0.1) is 13.8 Å². The molecule has 0 aliphatic heterocycles. The highest BCUT2D eigenvalue weighted by Crippen LogP contribution is 2.23. The van der Waals surface area contributed by atoms with Crippen molar-refractivity contribution in [2.24, 2.45) is 0 Å². The summed E-state index contributed by atoms with van der Waals surface area (Å²) in [6, 6.07) is 7.20. The first-order valence-corrected chi connectivity index (χ1v) is 7.48. The lowest BCUT2D eigenvalue weighted by atomic mass is 10.1. The highest BCUT2D eigenvalue weighted by Gasteiger charge is 2.20. The van der Waals surface area contributed by atoms with Crippen LogP contribution >= 0.6 is 0 Å². The van der Waals surface area contributed by atoms with Crippen LogP contribution in [-0.4, -0.2) is 23.1 Å². The molecule has 2 aromatic rings. The summed E-state index contributed by atoms with van der Waals surface area (Å²) in [6.07, 6.45) is 6.30. The molecule has 1 heterocycles. The van der Waals surface area contributed by atoms with Crippen LogP contribution in [0.4, 0.5) is 11.5 Å². The van der Waals surface area contributed by atoms with Gasteiger partial charge in [0.2, 0.25) is 0 Å². The summed E-state index contributed by atoms with van der Waals surface area (Å²) in [5, 5.41) is 3.45. The van der Waals surface area contributed by atoms with Gasteiger partial charge in [-0.3, -0.25) is 4.98 Å². The van der Waals surface area contributed by atoms with Crippen molar-refractivity contribution in [1.82, 2.24) is 15.3 Å². The first-order chi connectivity index (χ1) is 10.1. The lowest BCUT2D eigenvalue weighted by Crippen LogP contribution is -2.17. The second kappa shape index (κ2) is 5.82. The zero-order valence-corrected chi connectivity index (χ0v) is 12.9. The lowest BCUT2D eigenvalue weighted by Gasteiger charge is -2.19. The van der Waals surface area contributed by atoms with Crippen LogP contribution in [0.15, 0.2) is 30.6 Å². The minimum Gasteiger partial charge on any atom is -0.328 e. The summed E-state index contributed by atoms with van der Waals surface area (Å²) in [5.74, 6) is 0.871. The maximum atomic E-state index is 4.54. The number of aromatic nitrogens is 2. The number of anilines is 2. The molecule has 1 aliphatic rings. The van der Waals surface area contributed by atoms with Crippen LogP contribution in [0.5, 0.6) is 0 Å². The molecule has 4 nitrogen and oxygen atoms in total. The van der Waals surface area contributed by atoms with Crippen LogP contribution in [0.25, 0.3) is 0 Å². The molecule has 21 heavy (non-hydrogen) atoms. The SMILES string of the molecule is Cc1cc(C)cc(N(C)c2cnc(CNC3CC3)cn2)c1. The average molecular weight is 282 g/mol. The third-order valence-corrected chi connectivity index (χ3v) is 3.78. The Morgan fingerprint density at radius 2 is 1.81 bits per heavy atom. The molecule has 0 unspecified atom stereocenters. The number of nitrogens with one attached hydrogen (secondary N) is 1. The minimum absolute atomic E-state index is 0.699. The summed E-state index contributed by atoms with van der Waals surface area (Å²) >= 11 is 0. The number of rotatable bonds is 5. The molecule has 110 valence electrons. The molecule has 4 heteroatoms. The lowest BCUT2D eigenvalue weighted by molar-refractivity contribution is 0.671. The fourth-order valence-corrected chi connectivity index (χ4v) is 2.43. The van der Waals surface area contributed by atoms with Gasteiger partial charge in [0.15, 0.2) is 5.82 Å². The Kier molecular flexibility index (Phi) is 3.88. The van der Waals surface area contributed by atoms with E-state index in [0.29, 0.717) is 6.04 Å². The molecular formula is C17H22N4. The van der Waals surface area contributed by atoms with Gasteiger partial charge in [0, 0.05) is 25.3 Å². The van der Waals surface area contributed by atoms with E-state index in [1.54, 1.807) is 0 Å². The first kappa shape index (κ1) is 14.0. The van der Waals surface area contributed by atoms with Crippen molar-refractivity contribution in [2.75, 3.05) is 11.9 Å². The third kappa shape index (κ3) is 3.58. The maximum Gasteiger partial charge on any atom is 0.151 e. The van der Waals surface area contributed by atoms with E-state index < -0.39 is 0 Å². The smallest absolute Gasteiger partial charge is 0.151 e. The zero-order valence-electron chi connectivity index (χ0n) is 12.9. The number of nitrogens with zero attached hydrogens (tertiary/aromatic N) is 3. The second-order valence-corrected chi connectivity index (χ2v) is 5.93. The molecule has 0 radical (unpaired) electrons. The van der Waals surface area contributed by atoms with Crippen LogP contribution in [-0.2, 0) is 6.54 Å². The fraction of sp³-hybridized carbons (Fsp3) is 0.412. The van der Waals surface area contributed by atoms with Gasteiger partial charge in [-0.15, -0.1) is 0 Å². The topological polar surface area (TPSA) is 41.1 Å². The van der Waals surface area contributed by atoms with Gasteiger partial charge in [0.05, 0.1) is 18.1 Å². The van der Waals surface area contributed by atoms with Crippen molar-refractivity contribution in [2.45, 2.75) is 39.3 Å². The van der Waals surface area contributed by atoms with Crippen molar-refractivity contribution in [3.05, 3.63) is 47.4 Å². The van der Waals surface area contributed by atoms with Gasteiger partial charge >= 0.3 is 0 Å². The Morgan fingerprint density at radius 3 is 2.38 bits per heavy atom. The Balaban J connectivity index is 1.72. The minimum atomic E-state index is 0.699. The van der Waals surface area contributed by atoms with Gasteiger partial charge in [-0.05, 0) is 49.9 Å². The van der Waals surface area contributed by atoms with Crippen molar-refractivity contribution in [1.29, 1.82) is 0 Å². The largest absolute Gasteiger partial charge is 0.328 e. The fourth-order valence-electron chi connectivity index (χ4n) is 2.43. The van der Waals surface area contributed by atoms with Crippen LogP contribution in [0.3, 0.4) is 0 Å². The van der Waals surface area contributed by atoms with Gasteiger partial charge in [0.25, 0.3) is 0 Å². The van der Waals surface area contributed by atoms with Gasteiger partial charge in [0.1, 0.15) is 0 Å². The molecule has 0 bridgehead atoms. The molecule has 1 aromatic heterocycles. The number of benzene rings is 1. The molecule has 1 aromatic carbocycles. The Bertz CT molecular complexity index is 597. The van der Waals surface area contributed by atoms with Gasteiger partial charge in [-0.1, -0.05) is 6.07 Å². The van der Waals surface area contributed by atoms with Crippen LogP contribution < -0.4 is 10.2 Å². The van der Waals surface area contributed by atoms with E-state index in [-0.39, 0.29) is 0 Å². The monoisotopic (exact) mass is 282 g/mol. The summed E-state index contributed by atoms with van der Waals surface area (Å²) in [4.78, 5) is 11.1. The molecule has 0 atom stereocenters. The van der Waals surface area contributed by atoms with Gasteiger partial charge in [-0.2, -0.15) is 0 Å². The van der Waals surface area contributed by atoms with E-state index >= 15 is 0 Å². The molecule has 1 aliphatic carbocycles. The molecule has 1 N–H and O–H groups in total. The molecule has 1 saturated carbocycles. The summed E-state index contributed by atoms with van der Waals surface area (Å²) in [5.41, 5.74) is 4.66. The van der Waals surface area contributed by atoms with E-state index in [0.717, 1.165) is 23.7 Å². The molecule has 0 saturated heterocycles. The summed E-state index contributed by atoms with van der Waals surface area (Å²) < 4.78 is 0. The Morgan fingerprint density at radius 1 is 1.10 bits per heavy atom. The predicted octanol–water partition coefficient (Wildman–Crippen LogP) is 3.11. The highest BCUT2D eigenvalue weighted by molar-refractivity contribution is 5.60. The Hall–Kier alpha value is -1.94. The van der Waals surface area contributed by atoms with E-state index in [4.69, 9.17) is 0 Å². The summed E-state index contributed by atoms with van der Waals surface area (Å²) in [7, 11) is 2.03. The van der Waals surface area contributed by atoms with Crippen LogP contribution in [0.2, 0.25) is 0 Å². The first-order valence-electron chi connectivity index (χ1n) is 7.48. The normalized spacial score (nSPS) is 14.2. The average Bonchev–Trinajstić information content (AvgIpc) is 3.28. The van der Waals surface area contributed by atoms with Crippen LogP contribution in [0.1, 0.15) is 29.7 Å². The molecule has 0 spiro atoms. The molecule has 3 rings (SSSR count). The molecular weight excluding hydrogens is 260 g/mol. The third-order valence-electron chi connectivity index (χ3n) is 3.78. The van der Waals surface area contributed by atoms with Gasteiger partial charge < -0.3 is 10.2 Å². The van der Waals surface area contributed by atoms with Gasteiger partial charge in [-0.25, -0.2) is 4.98 Å². The van der Waals surface area contributed by atoms with Crippen molar-refractivity contribution in [3.8, 4) is 0 Å². The maximum absolute atomic E-state index is 4.54. The zero-order chi connectivity index (χ0) is 14.8. The quantitative estimate of drug-likeness (QED) is 0.915. The molecule has 0 amide bonds.